The SMILES string of the molecule is CC[C@H](c1cncnc1)N(Cc1ccc(S(F)(F)(F)(F)F)cc1)C(=O)c1cc2c(cn1)nc(N)c1cnn(C)c12. The van der Waals surface area contributed by atoms with E-state index in [1.165, 1.54) is 29.8 Å². The Labute approximate surface area is 224 Å². The number of hydrogen-bond acceptors (Lipinski definition) is 7. The number of rotatable bonds is 7. The van der Waals surface area contributed by atoms with Gasteiger partial charge < -0.3 is 10.6 Å². The summed E-state index contributed by atoms with van der Waals surface area (Å²) in [6, 6.07) is 3.46. The van der Waals surface area contributed by atoms with E-state index in [1.807, 2.05) is 6.92 Å². The molecule has 15 heteroatoms. The average molecular weight is 579 g/mol. The number of amides is 1. The number of carbonyl (C=O) groups is 1. The van der Waals surface area contributed by atoms with Crippen LogP contribution < -0.4 is 5.73 Å². The average Bonchev–Trinajstić information content (AvgIpc) is 3.30. The fourth-order valence-electron chi connectivity index (χ4n) is 4.62. The van der Waals surface area contributed by atoms with Gasteiger partial charge in [0.25, 0.3) is 5.91 Å². The van der Waals surface area contributed by atoms with Crippen molar-refractivity contribution in [2.75, 3.05) is 5.73 Å². The number of hydrogen-bond donors (Lipinski definition) is 1. The zero-order chi connectivity index (χ0) is 28.9. The molecule has 0 fully saturated rings. The van der Waals surface area contributed by atoms with Crippen molar-refractivity contribution in [2.45, 2.75) is 30.8 Å². The van der Waals surface area contributed by atoms with E-state index in [0.717, 1.165) is 12.1 Å². The molecule has 4 aromatic heterocycles. The number of nitrogens with zero attached hydrogens (tertiary/aromatic N) is 7. The van der Waals surface area contributed by atoms with Gasteiger partial charge in [-0.2, -0.15) is 5.10 Å². The number of fused-ring (bicyclic) bond motifs is 3. The van der Waals surface area contributed by atoms with Crippen LogP contribution in [-0.2, 0) is 13.6 Å². The summed E-state index contributed by atoms with van der Waals surface area (Å²) in [7, 11) is -8.13. The molecular weight excluding hydrogens is 555 g/mol. The highest BCUT2D eigenvalue weighted by atomic mass is 32.5. The standard InChI is InChI=1S/C25H23F5N8OS/c1-3-22(16-9-32-14-33-10-16)38(13-15-4-6-17(7-5-15)40(26,27,28,29)30)25(39)20-8-18-21(12-34-20)36-24(31)19-11-35-37(2)23(18)19/h4-12,14,22H,3,13H2,1-2H3,(H2,31,36)/t22-/m1/s1. The number of aromatic nitrogens is 6. The van der Waals surface area contributed by atoms with Crippen LogP contribution in [-0.4, -0.2) is 40.5 Å². The van der Waals surface area contributed by atoms with E-state index in [0.29, 0.717) is 45.9 Å². The Balaban J connectivity index is 1.59. The molecule has 2 N–H and O–H groups in total. The fourth-order valence-corrected chi connectivity index (χ4v) is 5.27. The van der Waals surface area contributed by atoms with Crippen LogP contribution in [0.2, 0.25) is 0 Å². The summed E-state index contributed by atoms with van der Waals surface area (Å²) in [5.74, 6) is -0.301. The lowest BCUT2D eigenvalue weighted by Crippen LogP contribution is -2.35. The van der Waals surface area contributed by atoms with Gasteiger partial charge in [0.2, 0.25) is 0 Å². The molecule has 1 atom stereocenters. The maximum Gasteiger partial charge on any atom is 0.310 e. The van der Waals surface area contributed by atoms with Crippen LogP contribution in [0, 0.1) is 0 Å². The molecule has 0 saturated heterocycles. The quantitative estimate of drug-likeness (QED) is 0.224. The van der Waals surface area contributed by atoms with Crippen LogP contribution in [0.3, 0.4) is 0 Å². The number of anilines is 1. The van der Waals surface area contributed by atoms with Gasteiger partial charge in [0.1, 0.15) is 22.7 Å². The van der Waals surface area contributed by atoms with E-state index in [-0.39, 0.29) is 23.6 Å². The predicted molar refractivity (Wildman–Crippen MR) is 141 cm³/mol. The third-order valence-electron chi connectivity index (χ3n) is 6.52. The zero-order valence-corrected chi connectivity index (χ0v) is 22.0. The van der Waals surface area contributed by atoms with Crippen molar-refractivity contribution in [2.24, 2.45) is 7.05 Å². The lowest BCUT2D eigenvalue weighted by atomic mass is 10.0. The van der Waals surface area contributed by atoms with Crippen molar-refractivity contribution in [3.05, 3.63) is 78.3 Å². The van der Waals surface area contributed by atoms with Crippen LogP contribution in [0.5, 0.6) is 0 Å². The second-order valence-electron chi connectivity index (χ2n) is 9.26. The zero-order valence-electron chi connectivity index (χ0n) is 21.2. The largest absolute Gasteiger partial charge is 0.383 e. The molecule has 9 nitrogen and oxygen atoms in total. The second-order valence-corrected chi connectivity index (χ2v) is 11.7. The lowest BCUT2D eigenvalue weighted by molar-refractivity contribution is 0.0645. The van der Waals surface area contributed by atoms with E-state index >= 15 is 0 Å². The Morgan fingerprint density at radius 2 is 1.70 bits per heavy atom. The second kappa shape index (κ2) is 8.81. The molecule has 210 valence electrons. The van der Waals surface area contributed by atoms with Crippen LogP contribution in [0.4, 0.5) is 25.2 Å². The van der Waals surface area contributed by atoms with Gasteiger partial charge in [0.05, 0.1) is 34.9 Å². The molecule has 0 radical (unpaired) electrons. The van der Waals surface area contributed by atoms with Gasteiger partial charge in [-0.3, -0.25) is 9.48 Å². The molecule has 4 heterocycles. The third kappa shape index (κ3) is 5.11. The Hall–Kier alpha value is -4.40. The van der Waals surface area contributed by atoms with Crippen LogP contribution in [0.1, 0.15) is 41.0 Å². The highest BCUT2D eigenvalue weighted by Gasteiger charge is 2.65. The minimum Gasteiger partial charge on any atom is -0.383 e. The summed E-state index contributed by atoms with van der Waals surface area (Å²) in [6.45, 7) is 1.61. The Morgan fingerprint density at radius 1 is 1.02 bits per heavy atom. The molecule has 0 unspecified atom stereocenters. The number of aryl methyl sites for hydroxylation is 1. The molecule has 0 aliphatic rings. The van der Waals surface area contributed by atoms with E-state index in [9.17, 15) is 24.2 Å². The van der Waals surface area contributed by atoms with E-state index in [4.69, 9.17) is 5.73 Å². The predicted octanol–water partition coefficient (Wildman–Crippen LogP) is 6.34. The molecule has 0 aliphatic heterocycles. The third-order valence-corrected chi connectivity index (χ3v) is 7.69. The van der Waals surface area contributed by atoms with Crippen LogP contribution in [0.25, 0.3) is 21.8 Å². The first-order valence-electron chi connectivity index (χ1n) is 11.9. The highest BCUT2D eigenvalue weighted by Crippen LogP contribution is 3.02. The molecule has 0 spiro atoms. The number of nitrogens with two attached hydrogens (primary N) is 1. The number of pyridine rings is 2. The van der Waals surface area contributed by atoms with Gasteiger partial charge in [-0.1, -0.05) is 38.5 Å². The fraction of sp³-hybridized carbons (Fsp3) is 0.200. The first kappa shape index (κ1) is 27.2. The Morgan fingerprint density at radius 3 is 2.33 bits per heavy atom. The van der Waals surface area contributed by atoms with Gasteiger partial charge in [0, 0.05) is 36.9 Å². The summed E-state index contributed by atoms with van der Waals surface area (Å²) in [5.41, 5.74) is 7.94. The maximum absolute atomic E-state index is 14.0. The van der Waals surface area contributed by atoms with Gasteiger partial charge in [-0.25, -0.2) is 19.9 Å². The van der Waals surface area contributed by atoms with Crippen molar-refractivity contribution in [3.8, 4) is 0 Å². The highest BCUT2D eigenvalue weighted by molar-refractivity contribution is 8.45. The smallest absolute Gasteiger partial charge is 0.310 e. The van der Waals surface area contributed by atoms with Crippen molar-refractivity contribution in [1.82, 2.24) is 34.6 Å². The van der Waals surface area contributed by atoms with E-state index in [2.05, 4.69) is 25.0 Å². The number of halogens is 5. The normalized spacial score (nSPS) is 14.6. The summed E-state index contributed by atoms with van der Waals surface area (Å²) in [6.07, 6.45) is 7.73. The summed E-state index contributed by atoms with van der Waals surface area (Å²) >= 11 is 0. The van der Waals surface area contributed by atoms with Crippen molar-refractivity contribution >= 4 is 43.8 Å². The van der Waals surface area contributed by atoms with Gasteiger partial charge >= 0.3 is 10.2 Å². The Kier molecular flexibility index (Phi) is 5.98. The number of carbonyl (C=O) groups excluding carboxylic acids is 1. The summed E-state index contributed by atoms with van der Waals surface area (Å²) in [5, 5.41) is 5.38. The first-order valence-corrected chi connectivity index (χ1v) is 13.9. The van der Waals surface area contributed by atoms with Crippen LogP contribution in [0.15, 0.2) is 66.3 Å². The van der Waals surface area contributed by atoms with Crippen LogP contribution >= 0.6 is 10.2 Å². The maximum atomic E-state index is 14.0. The molecule has 0 bridgehead atoms. The minimum absolute atomic E-state index is 0.0282. The molecule has 1 aromatic carbocycles. The van der Waals surface area contributed by atoms with Gasteiger partial charge in [-0.15, -0.1) is 0 Å². The summed E-state index contributed by atoms with van der Waals surface area (Å²) in [4.78, 5) is 30.0. The van der Waals surface area contributed by atoms with E-state index in [1.54, 1.807) is 24.0 Å². The van der Waals surface area contributed by atoms with Crippen molar-refractivity contribution in [1.29, 1.82) is 0 Å². The molecule has 5 rings (SSSR count). The lowest BCUT2D eigenvalue weighted by Gasteiger charge is -2.40. The molecule has 1 amide bonds. The number of benzene rings is 1. The van der Waals surface area contributed by atoms with Crippen molar-refractivity contribution < 1.29 is 24.2 Å². The summed E-state index contributed by atoms with van der Waals surface area (Å²) < 4.78 is 67.9. The van der Waals surface area contributed by atoms with Gasteiger partial charge in [0.15, 0.2) is 0 Å². The minimum atomic E-state index is -9.85. The van der Waals surface area contributed by atoms with E-state index < -0.39 is 27.1 Å². The van der Waals surface area contributed by atoms with Crippen molar-refractivity contribution in [3.63, 3.8) is 0 Å². The molecule has 0 saturated carbocycles. The Bertz CT molecular complexity index is 1750. The number of nitrogen functional groups attached to an aromatic ring is 1. The molecule has 0 aliphatic carbocycles. The molecule has 5 aromatic rings. The first-order chi connectivity index (χ1) is 18.7. The molecular formula is C25H23F5N8OS. The molecule has 40 heavy (non-hydrogen) atoms. The van der Waals surface area contributed by atoms with Gasteiger partial charge in [-0.05, 0) is 30.2 Å². The topological polar surface area (TPSA) is 116 Å². The monoisotopic (exact) mass is 578 g/mol.